The molecule has 1 unspecified atom stereocenters. The Morgan fingerprint density at radius 2 is 2.14 bits per heavy atom. The molecule has 0 aliphatic carbocycles. The summed E-state index contributed by atoms with van der Waals surface area (Å²) >= 11 is 0. The lowest BCUT2D eigenvalue weighted by Gasteiger charge is -2.11. The van der Waals surface area contributed by atoms with Crippen molar-refractivity contribution in [1.29, 1.82) is 0 Å². The summed E-state index contributed by atoms with van der Waals surface area (Å²) in [4.78, 5) is 0. The van der Waals surface area contributed by atoms with Gasteiger partial charge in [0.25, 0.3) is 0 Å². The van der Waals surface area contributed by atoms with E-state index in [2.05, 4.69) is 29.4 Å². The zero-order chi connectivity index (χ0) is 15.2. The summed E-state index contributed by atoms with van der Waals surface area (Å²) in [6, 6.07) is 4.50. The SMILES string of the molecule is CCCNC(CC)c1nnc(-c2ccc(F)c(OC)c2)o1. The van der Waals surface area contributed by atoms with E-state index in [0.29, 0.717) is 17.3 Å². The van der Waals surface area contributed by atoms with Crippen molar-refractivity contribution in [2.24, 2.45) is 0 Å². The van der Waals surface area contributed by atoms with Crippen LogP contribution in [-0.4, -0.2) is 23.9 Å². The van der Waals surface area contributed by atoms with Crippen LogP contribution in [0.4, 0.5) is 4.39 Å². The van der Waals surface area contributed by atoms with Gasteiger partial charge >= 0.3 is 0 Å². The average molecular weight is 293 g/mol. The van der Waals surface area contributed by atoms with E-state index in [1.807, 2.05) is 0 Å². The molecule has 2 aromatic rings. The number of hydrogen-bond donors (Lipinski definition) is 1. The second-order valence-corrected chi connectivity index (χ2v) is 4.71. The number of nitrogens with zero attached hydrogens (tertiary/aromatic N) is 2. The van der Waals surface area contributed by atoms with Crippen molar-refractivity contribution < 1.29 is 13.5 Å². The molecule has 21 heavy (non-hydrogen) atoms. The largest absolute Gasteiger partial charge is 0.494 e. The molecule has 5 nitrogen and oxygen atoms in total. The number of nitrogens with one attached hydrogen (secondary N) is 1. The van der Waals surface area contributed by atoms with Crippen LogP contribution in [0.2, 0.25) is 0 Å². The van der Waals surface area contributed by atoms with Crippen molar-refractivity contribution in [2.75, 3.05) is 13.7 Å². The molecule has 1 heterocycles. The van der Waals surface area contributed by atoms with Crippen LogP contribution in [-0.2, 0) is 0 Å². The molecule has 1 N–H and O–H groups in total. The lowest BCUT2D eigenvalue weighted by Crippen LogP contribution is -2.21. The third-order valence-electron chi connectivity index (χ3n) is 3.19. The number of ether oxygens (including phenoxy) is 1. The Morgan fingerprint density at radius 1 is 1.33 bits per heavy atom. The standard InChI is InChI=1S/C15H20FN3O2/c1-4-8-17-12(5-2)15-19-18-14(21-15)10-6-7-11(16)13(9-10)20-3/h6-7,9,12,17H,4-5,8H2,1-3H3. The molecule has 0 aliphatic rings. The van der Waals surface area contributed by atoms with Gasteiger partial charge in [-0.3, -0.25) is 0 Å². The molecule has 0 spiro atoms. The fraction of sp³-hybridized carbons (Fsp3) is 0.467. The van der Waals surface area contributed by atoms with Gasteiger partial charge in [0.2, 0.25) is 11.8 Å². The van der Waals surface area contributed by atoms with E-state index >= 15 is 0 Å². The van der Waals surface area contributed by atoms with Crippen molar-refractivity contribution in [3.63, 3.8) is 0 Å². The number of benzene rings is 1. The van der Waals surface area contributed by atoms with Gasteiger partial charge in [0.05, 0.1) is 13.2 Å². The van der Waals surface area contributed by atoms with Gasteiger partial charge in [0.1, 0.15) is 0 Å². The first-order valence-corrected chi connectivity index (χ1v) is 7.10. The maximum Gasteiger partial charge on any atom is 0.247 e. The molecular weight excluding hydrogens is 273 g/mol. The smallest absolute Gasteiger partial charge is 0.247 e. The molecule has 0 saturated carbocycles. The maximum absolute atomic E-state index is 13.4. The summed E-state index contributed by atoms with van der Waals surface area (Å²) in [5.74, 6) is 0.643. The van der Waals surface area contributed by atoms with Crippen LogP contribution in [0.3, 0.4) is 0 Å². The van der Waals surface area contributed by atoms with Gasteiger partial charge < -0.3 is 14.5 Å². The predicted octanol–water partition coefficient (Wildman–Crippen LogP) is 3.34. The Labute approximate surface area is 123 Å². The van der Waals surface area contributed by atoms with E-state index in [1.54, 1.807) is 12.1 Å². The summed E-state index contributed by atoms with van der Waals surface area (Å²) in [6.07, 6.45) is 1.89. The Hall–Kier alpha value is -1.95. The van der Waals surface area contributed by atoms with Crippen molar-refractivity contribution in [2.45, 2.75) is 32.7 Å². The fourth-order valence-electron chi connectivity index (χ4n) is 2.01. The number of halogens is 1. The van der Waals surface area contributed by atoms with Crippen LogP contribution in [0.1, 0.15) is 38.6 Å². The molecule has 0 radical (unpaired) electrons. The Balaban J connectivity index is 2.22. The van der Waals surface area contributed by atoms with Gasteiger partial charge in [-0.15, -0.1) is 10.2 Å². The molecule has 0 fully saturated rings. The van der Waals surface area contributed by atoms with Crippen molar-refractivity contribution >= 4 is 0 Å². The van der Waals surface area contributed by atoms with Crippen LogP contribution in [0, 0.1) is 5.82 Å². The zero-order valence-electron chi connectivity index (χ0n) is 12.5. The summed E-state index contributed by atoms with van der Waals surface area (Å²) in [6.45, 7) is 5.04. The van der Waals surface area contributed by atoms with Gasteiger partial charge in [-0.2, -0.15) is 0 Å². The minimum absolute atomic E-state index is 0.0357. The first-order chi connectivity index (χ1) is 10.2. The average Bonchev–Trinajstić information content (AvgIpc) is 2.98. The van der Waals surface area contributed by atoms with Gasteiger partial charge in [-0.05, 0) is 37.6 Å². The van der Waals surface area contributed by atoms with Gasteiger partial charge in [0, 0.05) is 5.56 Å². The second-order valence-electron chi connectivity index (χ2n) is 4.71. The van der Waals surface area contributed by atoms with Gasteiger partial charge in [0.15, 0.2) is 11.6 Å². The first kappa shape index (κ1) is 15.4. The highest BCUT2D eigenvalue weighted by atomic mass is 19.1. The Morgan fingerprint density at radius 3 is 2.81 bits per heavy atom. The summed E-state index contributed by atoms with van der Waals surface area (Å²) in [7, 11) is 1.42. The Bertz CT molecular complexity index is 586. The van der Waals surface area contributed by atoms with Crippen LogP contribution >= 0.6 is 0 Å². The molecule has 2 rings (SSSR count). The summed E-state index contributed by atoms with van der Waals surface area (Å²) < 4.78 is 24.1. The maximum atomic E-state index is 13.4. The summed E-state index contributed by atoms with van der Waals surface area (Å²) in [5, 5.41) is 11.5. The third-order valence-corrected chi connectivity index (χ3v) is 3.19. The monoisotopic (exact) mass is 293 g/mol. The molecule has 1 aromatic carbocycles. The van der Waals surface area contributed by atoms with Gasteiger partial charge in [-0.25, -0.2) is 4.39 Å². The lowest BCUT2D eigenvalue weighted by atomic mass is 10.2. The molecular formula is C15H20FN3O2. The second kappa shape index (κ2) is 7.17. The van der Waals surface area contributed by atoms with E-state index in [-0.39, 0.29) is 11.8 Å². The molecule has 0 bridgehead atoms. The highest BCUT2D eigenvalue weighted by Crippen LogP contribution is 2.27. The lowest BCUT2D eigenvalue weighted by molar-refractivity contribution is 0.385. The normalized spacial score (nSPS) is 12.4. The van der Waals surface area contributed by atoms with Crippen LogP contribution in [0.25, 0.3) is 11.5 Å². The minimum Gasteiger partial charge on any atom is -0.494 e. The van der Waals surface area contributed by atoms with E-state index in [9.17, 15) is 4.39 Å². The quantitative estimate of drug-likeness (QED) is 0.848. The van der Waals surface area contributed by atoms with E-state index in [1.165, 1.54) is 13.2 Å². The van der Waals surface area contributed by atoms with Crippen molar-refractivity contribution in [1.82, 2.24) is 15.5 Å². The fourth-order valence-corrected chi connectivity index (χ4v) is 2.01. The van der Waals surface area contributed by atoms with E-state index in [0.717, 1.165) is 19.4 Å². The molecule has 1 atom stereocenters. The topological polar surface area (TPSA) is 60.2 Å². The number of methoxy groups -OCH3 is 1. The molecule has 114 valence electrons. The minimum atomic E-state index is -0.419. The molecule has 6 heteroatoms. The summed E-state index contributed by atoms with van der Waals surface area (Å²) in [5.41, 5.74) is 0.636. The first-order valence-electron chi connectivity index (χ1n) is 7.10. The molecule has 0 saturated heterocycles. The van der Waals surface area contributed by atoms with Crippen LogP contribution in [0.15, 0.2) is 22.6 Å². The van der Waals surface area contributed by atoms with Crippen molar-refractivity contribution in [3.05, 3.63) is 29.9 Å². The number of rotatable bonds is 7. The van der Waals surface area contributed by atoms with Crippen molar-refractivity contribution in [3.8, 4) is 17.2 Å². The van der Waals surface area contributed by atoms with E-state index in [4.69, 9.17) is 9.15 Å². The zero-order valence-corrected chi connectivity index (χ0v) is 12.5. The number of hydrogen-bond acceptors (Lipinski definition) is 5. The van der Waals surface area contributed by atoms with Gasteiger partial charge in [-0.1, -0.05) is 13.8 Å². The highest BCUT2D eigenvalue weighted by Gasteiger charge is 2.17. The number of aromatic nitrogens is 2. The molecule has 1 aromatic heterocycles. The predicted molar refractivity (Wildman–Crippen MR) is 77.6 cm³/mol. The van der Waals surface area contributed by atoms with E-state index < -0.39 is 5.82 Å². The Kier molecular flexibility index (Phi) is 5.27. The highest BCUT2D eigenvalue weighted by molar-refractivity contribution is 5.55. The van der Waals surface area contributed by atoms with Crippen LogP contribution < -0.4 is 10.1 Å². The van der Waals surface area contributed by atoms with Crippen LogP contribution in [0.5, 0.6) is 5.75 Å². The molecule has 0 aliphatic heterocycles. The third kappa shape index (κ3) is 3.58. The molecule has 0 amide bonds.